The number of alkyl halides is 3. The third-order valence-electron chi connectivity index (χ3n) is 3.39. The van der Waals surface area contributed by atoms with Gasteiger partial charge in [0.05, 0.1) is 0 Å². The molecule has 6 nitrogen and oxygen atoms in total. The van der Waals surface area contributed by atoms with Crippen LogP contribution in [0.1, 0.15) is 33.6 Å². The first-order chi connectivity index (χ1) is 11.0. The third-order valence-corrected chi connectivity index (χ3v) is 3.39. The summed E-state index contributed by atoms with van der Waals surface area (Å²) in [5.74, 6) is -0.240. The number of hydrogen-bond acceptors (Lipinski definition) is 4. The van der Waals surface area contributed by atoms with Crippen LogP contribution in [0.5, 0.6) is 0 Å². The van der Waals surface area contributed by atoms with Crippen LogP contribution < -0.4 is 5.32 Å². The van der Waals surface area contributed by atoms with Crippen LogP contribution in [0.25, 0.3) is 0 Å². The molecule has 0 aliphatic carbocycles. The number of alkyl carbamates (subject to hydrolysis) is 1. The molecular formula is C15H25F3N2O4. The number of nitrogens with one attached hydrogen (secondary N) is 1. The van der Waals surface area contributed by atoms with Gasteiger partial charge in [-0.25, -0.2) is 4.79 Å². The zero-order valence-electron chi connectivity index (χ0n) is 14.2. The predicted molar refractivity (Wildman–Crippen MR) is 80.4 cm³/mol. The number of hydrogen-bond donors (Lipinski definition) is 1. The summed E-state index contributed by atoms with van der Waals surface area (Å²) in [5, 5.41) is 2.69. The summed E-state index contributed by atoms with van der Waals surface area (Å²) < 4.78 is 45.4. The van der Waals surface area contributed by atoms with Gasteiger partial charge in [-0.3, -0.25) is 4.79 Å². The van der Waals surface area contributed by atoms with Gasteiger partial charge >= 0.3 is 12.3 Å². The first-order valence-corrected chi connectivity index (χ1v) is 7.85. The number of piperidine rings is 1. The number of rotatable bonds is 5. The number of amides is 2. The highest BCUT2D eigenvalue weighted by molar-refractivity contribution is 5.77. The van der Waals surface area contributed by atoms with Crippen LogP contribution in [0.2, 0.25) is 0 Å². The molecule has 1 heterocycles. The highest BCUT2D eigenvalue weighted by atomic mass is 19.4. The molecule has 140 valence electrons. The Morgan fingerprint density at radius 1 is 1.17 bits per heavy atom. The summed E-state index contributed by atoms with van der Waals surface area (Å²) in [6, 6.07) is 0. The minimum atomic E-state index is -4.43. The third kappa shape index (κ3) is 8.95. The van der Waals surface area contributed by atoms with Gasteiger partial charge in [-0.15, -0.1) is 0 Å². The standard InChI is InChI=1S/C15H25F3N2O4/c1-14(2,3)24-13(22)19-8-11-4-6-20(7-5-11)12(21)9-23-10-15(16,17)18/h11H,4-10H2,1-3H3,(H,19,22). The highest BCUT2D eigenvalue weighted by Gasteiger charge is 2.29. The Labute approximate surface area is 139 Å². The van der Waals surface area contributed by atoms with Crippen LogP contribution in [0, 0.1) is 5.92 Å². The first kappa shape index (κ1) is 20.5. The van der Waals surface area contributed by atoms with E-state index in [1.165, 1.54) is 4.90 Å². The lowest BCUT2D eigenvalue weighted by molar-refractivity contribution is -0.178. The molecule has 1 aliphatic heterocycles. The topological polar surface area (TPSA) is 67.9 Å². The van der Waals surface area contributed by atoms with Gasteiger partial charge in [0.2, 0.25) is 5.91 Å². The fourth-order valence-corrected chi connectivity index (χ4v) is 2.27. The molecule has 24 heavy (non-hydrogen) atoms. The van der Waals surface area contributed by atoms with Gasteiger partial charge in [0, 0.05) is 19.6 Å². The van der Waals surface area contributed by atoms with E-state index in [0.717, 1.165) is 0 Å². The molecule has 0 aromatic carbocycles. The van der Waals surface area contributed by atoms with E-state index in [4.69, 9.17) is 4.74 Å². The van der Waals surface area contributed by atoms with Crippen LogP contribution in [0.15, 0.2) is 0 Å². The normalized spacial score (nSPS) is 16.8. The zero-order chi connectivity index (χ0) is 18.4. The molecule has 0 aromatic rings. The summed E-state index contributed by atoms with van der Waals surface area (Å²) in [5.41, 5.74) is -0.559. The van der Waals surface area contributed by atoms with E-state index < -0.39 is 37.0 Å². The van der Waals surface area contributed by atoms with Crippen molar-refractivity contribution in [2.45, 2.75) is 45.4 Å². The van der Waals surface area contributed by atoms with E-state index in [9.17, 15) is 22.8 Å². The van der Waals surface area contributed by atoms with Gasteiger partial charge < -0.3 is 19.7 Å². The zero-order valence-corrected chi connectivity index (χ0v) is 14.2. The van der Waals surface area contributed by atoms with E-state index in [-0.39, 0.29) is 5.92 Å². The molecule has 0 radical (unpaired) electrons. The molecule has 1 saturated heterocycles. The number of carbonyl (C=O) groups excluding carboxylic acids is 2. The molecule has 0 saturated carbocycles. The van der Waals surface area contributed by atoms with E-state index in [1.54, 1.807) is 20.8 Å². The van der Waals surface area contributed by atoms with E-state index in [2.05, 4.69) is 10.1 Å². The van der Waals surface area contributed by atoms with Crippen molar-refractivity contribution < 1.29 is 32.2 Å². The van der Waals surface area contributed by atoms with Crippen molar-refractivity contribution in [3.8, 4) is 0 Å². The van der Waals surface area contributed by atoms with Gasteiger partial charge in [0.15, 0.2) is 0 Å². The predicted octanol–water partition coefficient (Wildman–Crippen LogP) is 2.33. The minimum absolute atomic E-state index is 0.206. The van der Waals surface area contributed by atoms with Crippen molar-refractivity contribution in [2.75, 3.05) is 32.8 Å². The SMILES string of the molecule is CC(C)(C)OC(=O)NCC1CCN(C(=O)COCC(F)(F)F)CC1. The summed E-state index contributed by atoms with van der Waals surface area (Å²) in [4.78, 5) is 24.8. The lowest BCUT2D eigenvalue weighted by Crippen LogP contribution is -2.43. The van der Waals surface area contributed by atoms with Crippen molar-refractivity contribution in [3.05, 3.63) is 0 Å². The lowest BCUT2D eigenvalue weighted by Gasteiger charge is -2.32. The molecule has 0 aromatic heterocycles. The second-order valence-corrected chi connectivity index (χ2v) is 6.81. The summed E-state index contributed by atoms with van der Waals surface area (Å²) in [7, 11) is 0. The lowest BCUT2D eigenvalue weighted by atomic mass is 9.97. The largest absolute Gasteiger partial charge is 0.444 e. The first-order valence-electron chi connectivity index (χ1n) is 7.85. The highest BCUT2D eigenvalue weighted by Crippen LogP contribution is 2.18. The number of nitrogens with zero attached hydrogens (tertiary/aromatic N) is 1. The Kier molecular flexibility index (Phi) is 7.31. The fourth-order valence-electron chi connectivity index (χ4n) is 2.27. The maximum Gasteiger partial charge on any atom is 0.411 e. The molecule has 2 amide bonds. The average Bonchev–Trinajstić information content (AvgIpc) is 2.42. The van der Waals surface area contributed by atoms with Crippen molar-refractivity contribution in [1.29, 1.82) is 0 Å². The molecule has 0 unspecified atom stereocenters. The maximum atomic E-state index is 12.0. The Hall–Kier alpha value is -1.51. The Balaban J connectivity index is 2.21. The Morgan fingerprint density at radius 2 is 1.75 bits per heavy atom. The van der Waals surface area contributed by atoms with Gasteiger partial charge in [-0.1, -0.05) is 0 Å². The van der Waals surface area contributed by atoms with E-state index in [0.29, 0.717) is 32.5 Å². The smallest absolute Gasteiger partial charge is 0.411 e. The second-order valence-electron chi connectivity index (χ2n) is 6.81. The Morgan fingerprint density at radius 3 is 2.25 bits per heavy atom. The van der Waals surface area contributed by atoms with Crippen LogP contribution in [0.4, 0.5) is 18.0 Å². The molecule has 1 N–H and O–H groups in total. The van der Waals surface area contributed by atoms with Crippen molar-refractivity contribution in [1.82, 2.24) is 10.2 Å². The molecule has 0 bridgehead atoms. The number of likely N-dealkylation sites (tertiary alicyclic amines) is 1. The fraction of sp³-hybridized carbons (Fsp3) is 0.867. The summed E-state index contributed by atoms with van der Waals surface area (Å²) in [6.45, 7) is 4.66. The van der Waals surface area contributed by atoms with Gasteiger partial charge in [0.25, 0.3) is 0 Å². The molecular weight excluding hydrogens is 329 g/mol. The van der Waals surface area contributed by atoms with Gasteiger partial charge in [-0.2, -0.15) is 13.2 Å². The second kappa shape index (κ2) is 8.55. The van der Waals surface area contributed by atoms with E-state index >= 15 is 0 Å². The number of ether oxygens (including phenoxy) is 2. The van der Waals surface area contributed by atoms with Crippen molar-refractivity contribution in [2.24, 2.45) is 5.92 Å². The number of halogens is 3. The molecule has 9 heteroatoms. The van der Waals surface area contributed by atoms with Crippen LogP contribution in [-0.2, 0) is 14.3 Å². The monoisotopic (exact) mass is 354 g/mol. The maximum absolute atomic E-state index is 12.0. The molecule has 1 fully saturated rings. The molecule has 1 aliphatic rings. The molecule has 0 atom stereocenters. The average molecular weight is 354 g/mol. The van der Waals surface area contributed by atoms with Crippen molar-refractivity contribution in [3.63, 3.8) is 0 Å². The van der Waals surface area contributed by atoms with Gasteiger partial charge in [-0.05, 0) is 39.5 Å². The Bertz CT molecular complexity index is 427. The molecule has 1 rings (SSSR count). The van der Waals surface area contributed by atoms with Crippen molar-refractivity contribution >= 4 is 12.0 Å². The number of carbonyl (C=O) groups is 2. The summed E-state index contributed by atoms with van der Waals surface area (Å²) >= 11 is 0. The quantitative estimate of drug-likeness (QED) is 0.823. The molecule has 0 spiro atoms. The minimum Gasteiger partial charge on any atom is -0.444 e. The van der Waals surface area contributed by atoms with Crippen LogP contribution >= 0.6 is 0 Å². The van der Waals surface area contributed by atoms with Crippen LogP contribution in [0.3, 0.4) is 0 Å². The van der Waals surface area contributed by atoms with E-state index in [1.807, 2.05) is 0 Å². The summed E-state index contributed by atoms with van der Waals surface area (Å²) in [6.07, 6.45) is -3.58. The van der Waals surface area contributed by atoms with Gasteiger partial charge in [0.1, 0.15) is 18.8 Å². The van der Waals surface area contributed by atoms with Crippen LogP contribution in [-0.4, -0.2) is 61.5 Å².